The summed E-state index contributed by atoms with van der Waals surface area (Å²) in [7, 11) is 3.26. The van der Waals surface area contributed by atoms with Crippen LogP contribution in [0.15, 0.2) is 58.1 Å². The second kappa shape index (κ2) is 8.52. The summed E-state index contributed by atoms with van der Waals surface area (Å²) >= 11 is 0. The summed E-state index contributed by atoms with van der Waals surface area (Å²) in [5, 5.41) is 0.531. The van der Waals surface area contributed by atoms with Gasteiger partial charge in [0.2, 0.25) is 0 Å². The van der Waals surface area contributed by atoms with Crippen molar-refractivity contribution in [3.05, 3.63) is 86.2 Å². The molecule has 36 heavy (non-hydrogen) atoms. The van der Waals surface area contributed by atoms with Crippen molar-refractivity contribution in [3.63, 3.8) is 0 Å². The van der Waals surface area contributed by atoms with Crippen LogP contribution in [0.3, 0.4) is 0 Å². The van der Waals surface area contributed by atoms with E-state index in [0.717, 1.165) is 33.8 Å². The number of fused-ring (bicyclic) bond motifs is 3. The maximum absolute atomic E-state index is 13.7. The van der Waals surface area contributed by atoms with E-state index >= 15 is 0 Å². The second-order valence-corrected chi connectivity index (χ2v) is 10.6. The Morgan fingerprint density at radius 3 is 2.36 bits per heavy atom. The van der Waals surface area contributed by atoms with Crippen molar-refractivity contribution in [2.75, 3.05) is 6.61 Å². The first kappa shape index (κ1) is 24.1. The predicted molar refractivity (Wildman–Crippen MR) is 142 cm³/mol. The van der Waals surface area contributed by atoms with Crippen LogP contribution >= 0.6 is 0 Å². The zero-order chi connectivity index (χ0) is 25.9. The van der Waals surface area contributed by atoms with Crippen LogP contribution in [0.25, 0.3) is 22.2 Å². The Morgan fingerprint density at radius 2 is 1.72 bits per heavy atom. The summed E-state index contributed by atoms with van der Waals surface area (Å²) in [6, 6.07) is 16.0. The molecule has 0 saturated heterocycles. The molecule has 1 unspecified atom stereocenters. The van der Waals surface area contributed by atoms with E-state index in [4.69, 9.17) is 9.47 Å². The lowest BCUT2D eigenvalue weighted by Crippen LogP contribution is -2.40. The highest BCUT2D eigenvalue weighted by atomic mass is 16.5. The molecule has 4 aromatic rings. The largest absolute Gasteiger partial charge is 0.491 e. The molecule has 0 spiro atoms. The first-order valence-electron chi connectivity index (χ1n) is 12.3. The van der Waals surface area contributed by atoms with Gasteiger partial charge in [-0.2, -0.15) is 0 Å². The topological polar surface area (TPSA) is 67.4 Å². The summed E-state index contributed by atoms with van der Waals surface area (Å²) in [4.78, 5) is 26.8. The molecule has 2 aromatic heterocycles. The molecular weight excluding hydrogens is 454 g/mol. The summed E-state index contributed by atoms with van der Waals surface area (Å²) in [6.45, 7) is 10.7. The average molecular weight is 488 g/mol. The average Bonchev–Trinajstić information content (AvgIpc) is 3.20. The van der Waals surface area contributed by atoms with Gasteiger partial charge in [-0.15, -0.1) is 0 Å². The van der Waals surface area contributed by atoms with Crippen molar-refractivity contribution in [3.8, 4) is 17.0 Å². The minimum absolute atomic E-state index is 0.0754. The fourth-order valence-corrected chi connectivity index (χ4v) is 5.31. The van der Waals surface area contributed by atoms with Crippen LogP contribution in [0.1, 0.15) is 50.6 Å². The van der Waals surface area contributed by atoms with E-state index in [-0.39, 0.29) is 17.4 Å². The van der Waals surface area contributed by atoms with E-state index < -0.39 is 11.6 Å². The first-order valence-corrected chi connectivity index (χ1v) is 12.3. The van der Waals surface area contributed by atoms with Crippen LogP contribution < -0.4 is 16.0 Å². The monoisotopic (exact) mass is 487 g/mol. The van der Waals surface area contributed by atoms with Crippen LogP contribution in [-0.4, -0.2) is 26.4 Å². The molecule has 1 aliphatic rings. The number of rotatable bonds is 4. The normalized spacial score (nSPS) is 16.9. The molecule has 7 heteroatoms. The number of ether oxygens (including phenoxy) is 2. The van der Waals surface area contributed by atoms with Gasteiger partial charge in [0.05, 0.1) is 40.5 Å². The van der Waals surface area contributed by atoms with Crippen LogP contribution in [0.5, 0.6) is 5.75 Å². The minimum atomic E-state index is -0.454. The molecule has 5 rings (SSSR count). The Labute approximate surface area is 210 Å². The van der Waals surface area contributed by atoms with Gasteiger partial charge in [0.25, 0.3) is 5.56 Å². The maximum Gasteiger partial charge on any atom is 0.331 e. The molecule has 0 fully saturated rings. The van der Waals surface area contributed by atoms with E-state index in [2.05, 4.69) is 24.5 Å². The molecule has 188 valence electrons. The van der Waals surface area contributed by atoms with Gasteiger partial charge in [-0.25, -0.2) is 4.79 Å². The minimum Gasteiger partial charge on any atom is -0.491 e. The highest BCUT2D eigenvalue weighted by Gasteiger charge is 2.40. The third-order valence-electron chi connectivity index (χ3n) is 6.91. The molecule has 0 saturated carbocycles. The summed E-state index contributed by atoms with van der Waals surface area (Å²) in [6.07, 6.45) is -0.378. The van der Waals surface area contributed by atoms with E-state index in [1.807, 2.05) is 63.2 Å². The molecule has 0 radical (unpaired) electrons. The number of aryl methyl sites for hydroxylation is 2. The van der Waals surface area contributed by atoms with E-state index in [0.29, 0.717) is 17.5 Å². The third kappa shape index (κ3) is 3.69. The first-order chi connectivity index (χ1) is 17.0. The molecule has 3 heterocycles. The number of nitrogens with zero attached hydrogens (tertiary/aromatic N) is 3. The van der Waals surface area contributed by atoms with Gasteiger partial charge in [0, 0.05) is 14.1 Å². The van der Waals surface area contributed by atoms with Crippen LogP contribution in [-0.2, 0) is 24.4 Å². The van der Waals surface area contributed by atoms with Crippen LogP contribution in [0.4, 0.5) is 0 Å². The Hall–Kier alpha value is -3.58. The maximum atomic E-state index is 13.7. The lowest BCUT2D eigenvalue weighted by molar-refractivity contribution is -0.00709. The number of benzene rings is 2. The van der Waals surface area contributed by atoms with Crippen LogP contribution in [0.2, 0.25) is 0 Å². The Morgan fingerprint density at radius 1 is 1.03 bits per heavy atom. The Kier molecular flexibility index (Phi) is 5.71. The fraction of sp³-hybridized carbons (Fsp3) is 0.379. The summed E-state index contributed by atoms with van der Waals surface area (Å²) in [5.41, 5.74) is 4.10. The van der Waals surface area contributed by atoms with E-state index in [1.54, 1.807) is 11.6 Å². The van der Waals surface area contributed by atoms with Crippen molar-refractivity contribution in [1.29, 1.82) is 0 Å². The highest BCUT2D eigenvalue weighted by molar-refractivity contribution is 5.97. The van der Waals surface area contributed by atoms with Crippen molar-refractivity contribution < 1.29 is 9.47 Å². The molecular formula is C29H33N3O4. The predicted octanol–water partition coefficient (Wildman–Crippen LogP) is 4.66. The number of aromatic nitrogens is 3. The zero-order valence-corrected chi connectivity index (χ0v) is 22.0. The van der Waals surface area contributed by atoms with Crippen molar-refractivity contribution in [1.82, 2.24) is 13.7 Å². The van der Waals surface area contributed by atoms with Gasteiger partial charge in [-0.1, -0.05) is 35.9 Å². The van der Waals surface area contributed by atoms with E-state index in [1.165, 1.54) is 11.6 Å². The fourth-order valence-electron chi connectivity index (χ4n) is 5.31. The third-order valence-corrected chi connectivity index (χ3v) is 6.91. The quantitative estimate of drug-likeness (QED) is 0.420. The number of hydrogen-bond acceptors (Lipinski definition) is 4. The van der Waals surface area contributed by atoms with Crippen molar-refractivity contribution in [2.45, 2.75) is 52.4 Å². The Bertz CT molecular complexity index is 1590. The standard InChI is InChI=1S/C29H33N3O4/c1-17(2)36-21-13-11-19(12-14-21)26-25-24-22(27(33)31(7)28(34)30(24)6)23(20-10-8-9-18(3)15-20)32(25)29(4,5)16-35-26/h8-15,17,26H,16H2,1-7H3. The molecule has 1 aliphatic heterocycles. The lowest BCUT2D eigenvalue weighted by atomic mass is 9.98. The second-order valence-electron chi connectivity index (χ2n) is 10.6. The molecule has 1 atom stereocenters. The van der Waals surface area contributed by atoms with E-state index in [9.17, 15) is 9.59 Å². The number of hydrogen-bond donors (Lipinski definition) is 0. The SMILES string of the molecule is Cc1cccc(-c2c3c(=O)n(C)c(=O)n(C)c3c3n2C(C)(C)COC3c2ccc(OC(C)C)cc2)c1. The van der Waals surface area contributed by atoms with Crippen LogP contribution in [0, 0.1) is 6.92 Å². The van der Waals surface area contributed by atoms with Gasteiger partial charge < -0.3 is 14.0 Å². The Balaban J connectivity index is 1.89. The molecule has 2 aromatic carbocycles. The van der Waals surface area contributed by atoms with Gasteiger partial charge in [-0.05, 0) is 63.9 Å². The summed E-state index contributed by atoms with van der Waals surface area (Å²) < 4.78 is 17.3. The molecule has 7 nitrogen and oxygen atoms in total. The van der Waals surface area contributed by atoms with Gasteiger partial charge >= 0.3 is 5.69 Å². The summed E-state index contributed by atoms with van der Waals surface area (Å²) in [5.74, 6) is 0.784. The van der Waals surface area contributed by atoms with Crippen molar-refractivity contribution in [2.24, 2.45) is 14.1 Å². The lowest BCUT2D eigenvalue weighted by Gasteiger charge is -2.39. The van der Waals surface area contributed by atoms with Crippen molar-refractivity contribution >= 4 is 10.9 Å². The highest BCUT2D eigenvalue weighted by Crippen LogP contribution is 2.45. The van der Waals surface area contributed by atoms with Gasteiger partial charge in [0.15, 0.2) is 0 Å². The molecule has 0 amide bonds. The van der Waals surface area contributed by atoms with Gasteiger partial charge in [-0.3, -0.25) is 13.9 Å². The zero-order valence-electron chi connectivity index (χ0n) is 22.0. The van der Waals surface area contributed by atoms with Gasteiger partial charge in [0.1, 0.15) is 11.9 Å². The smallest absolute Gasteiger partial charge is 0.331 e. The molecule has 0 bridgehead atoms. The molecule has 0 aliphatic carbocycles. The molecule has 0 N–H and O–H groups in total.